The van der Waals surface area contributed by atoms with Crippen LogP contribution in [0, 0.1) is 5.21 Å². The van der Waals surface area contributed by atoms with Gasteiger partial charge in [-0.25, -0.2) is 0 Å². The summed E-state index contributed by atoms with van der Waals surface area (Å²) in [6.45, 7) is 0.591. The van der Waals surface area contributed by atoms with Crippen molar-refractivity contribution in [3.05, 3.63) is 34.0 Å². The molecular formula is C9H9ClNO-. The largest absolute Gasteiger partial charge is 0.758 e. The summed E-state index contributed by atoms with van der Waals surface area (Å²) >= 11 is 5.78. The average molecular weight is 183 g/mol. The molecule has 0 unspecified atom stereocenters. The molecule has 1 aromatic carbocycles. The fourth-order valence-corrected chi connectivity index (χ4v) is 1.68. The lowest BCUT2D eigenvalue weighted by atomic mass is 10.0. The number of anilines is 1. The lowest BCUT2D eigenvalue weighted by Gasteiger charge is -2.36. The van der Waals surface area contributed by atoms with E-state index in [0.717, 1.165) is 29.2 Å². The van der Waals surface area contributed by atoms with E-state index in [0.29, 0.717) is 11.6 Å². The van der Waals surface area contributed by atoms with Gasteiger partial charge in [-0.3, -0.25) is 0 Å². The predicted molar refractivity (Wildman–Crippen MR) is 50.5 cm³/mol. The van der Waals surface area contributed by atoms with Crippen LogP contribution in [0.1, 0.15) is 12.0 Å². The van der Waals surface area contributed by atoms with Gasteiger partial charge in [-0.1, -0.05) is 17.7 Å². The fourth-order valence-electron chi connectivity index (χ4n) is 1.51. The number of fused-ring (bicyclic) bond motifs is 1. The summed E-state index contributed by atoms with van der Waals surface area (Å²) in [4.78, 5) is 0. The third-order valence-electron chi connectivity index (χ3n) is 2.12. The molecule has 0 spiro atoms. The molecule has 1 heterocycles. The Bertz CT molecular complexity index is 301. The molecule has 64 valence electrons. The monoisotopic (exact) mass is 182 g/mol. The third-order valence-corrected chi connectivity index (χ3v) is 2.36. The van der Waals surface area contributed by atoms with E-state index >= 15 is 0 Å². The number of aryl methyl sites for hydroxylation is 1. The van der Waals surface area contributed by atoms with Gasteiger partial charge in [0.2, 0.25) is 0 Å². The molecule has 2 nitrogen and oxygen atoms in total. The van der Waals surface area contributed by atoms with E-state index in [-0.39, 0.29) is 0 Å². The zero-order valence-corrected chi connectivity index (χ0v) is 7.34. The van der Waals surface area contributed by atoms with Gasteiger partial charge in [0.1, 0.15) is 0 Å². The minimum atomic E-state index is 0.591. The van der Waals surface area contributed by atoms with Gasteiger partial charge in [0.05, 0.1) is 0 Å². The summed E-state index contributed by atoms with van der Waals surface area (Å²) in [5.74, 6) is 0. The highest BCUT2D eigenvalue weighted by Gasteiger charge is 2.09. The van der Waals surface area contributed by atoms with Crippen LogP contribution in [-0.4, -0.2) is 6.54 Å². The summed E-state index contributed by atoms with van der Waals surface area (Å²) < 4.78 is 0. The molecule has 1 aromatic rings. The average Bonchev–Trinajstić information content (AvgIpc) is 2.07. The number of hydroxylamine groups is 1. The van der Waals surface area contributed by atoms with E-state index in [1.54, 1.807) is 6.07 Å². The third kappa shape index (κ3) is 1.28. The first-order chi connectivity index (χ1) is 5.77. The summed E-state index contributed by atoms with van der Waals surface area (Å²) in [5.41, 5.74) is 1.86. The van der Waals surface area contributed by atoms with Crippen molar-refractivity contribution in [2.75, 3.05) is 11.6 Å². The normalized spacial score (nSPS) is 16.0. The Morgan fingerprint density at radius 2 is 2.25 bits per heavy atom. The minimum absolute atomic E-state index is 0.591. The standard InChI is InChI=1S/C9H9ClNO/c10-8-4-3-7-2-1-5-11(12)9(7)6-8/h3-4,6H,1-2,5H2/q-1. The first kappa shape index (κ1) is 7.90. The van der Waals surface area contributed by atoms with Crippen LogP contribution in [0.2, 0.25) is 5.02 Å². The van der Waals surface area contributed by atoms with Gasteiger partial charge in [-0.2, -0.15) is 0 Å². The molecule has 0 radical (unpaired) electrons. The van der Waals surface area contributed by atoms with Crippen molar-refractivity contribution in [2.45, 2.75) is 12.8 Å². The second-order valence-corrected chi connectivity index (χ2v) is 3.42. The maximum Gasteiger partial charge on any atom is 0.0426 e. The molecule has 0 fully saturated rings. The Labute approximate surface area is 76.3 Å². The highest BCUT2D eigenvalue weighted by Crippen LogP contribution is 2.28. The van der Waals surface area contributed by atoms with E-state index in [2.05, 4.69) is 0 Å². The van der Waals surface area contributed by atoms with Crippen molar-refractivity contribution in [1.82, 2.24) is 0 Å². The highest BCUT2D eigenvalue weighted by molar-refractivity contribution is 6.30. The van der Waals surface area contributed by atoms with E-state index in [1.165, 1.54) is 0 Å². The van der Waals surface area contributed by atoms with Crippen molar-refractivity contribution < 1.29 is 0 Å². The van der Waals surface area contributed by atoms with Gasteiger partial charge >= 0.3 is 0 Å². The van der Waals surface area contributed by atoms with E-state index in [4.69, 9.17) is 11.6 Å². The summed E-state index contributed by atoms with van der Waals surface area (Å²) in [5, 5.41) is 12.9. The van der Waals surface area contributed by atoms with Gasteiger partial charge in [0.15, 0.2) is 0 Å². The van der Waals surface area contributed by atoms with Crippen LogP contribution < -0.4 is 5.06 Å². The first-order valence-corrected chi connectivity index (χ1v) is 4.38. The van der Waals surface area contributed by atoms with Gasteiger partial charge < -0.3 is 10.3 Å². The van der Waals surface area contributed by atoms with Crippen molar-refractivity contribution in [3.8, 4) is 0 Å². The SMILES string of the molecule is [O-]N1CCCc2ccc(Cl)cc21. The molecule has 0 bridgehead atoms. The zero-order valence-electron chi connectivity index (χ0n) is 6.59. The Kier molecular flexibility index (Phi) is 1.95. The molecule has 1 aliphatic rings. The predicted octanol–water partition coefficient (Wildman–Crippen LogP) is 2.59. The number of halogens is 1. The number of hydrogen-bond acceptors (Lipinski definition) is 2. The Balaban J connectivity index is 2.47. The van der Waals surface area contributed by atoms with Crippen molar-refractivity contribution >= 4 is 17.3 Å². The number of rotatable bonds is 0. The second kappa shape index (κ2) is 2.96. The molecule has 0 amide bonds. The molecule has 2 rings (SSSR count). The van der Waals surface area contributed by atoms with Gasteiger partial charge in [-0.05, 0) is 30.5 Å². The van der Waals surface area contributed by atoms with Crippen LogP contribution in [0.5, 0.6) is 0 Å². The van der Waals surface area contributed by atoms with Crippen molar-refractivity contribution in [2.24, 2.45) is 0 Å². The molecule has 0 saturated carbocycles. The van der Waals surface area contributed by atoms with Crippen LogP contribution in [0.4, 0.5) is 5.69 Å². The molecule has 3 heteroatoms. The molecular weight excluding hydrogens is 174 g/mol. The minimum Gasteiger partial charge on any atom is -0.758 e. The van der Waals surface area contributed by atoms with Gasteiger partial charge in [-0.15, -0.1) is 0 Å². The highest BCUT2D eigenvalue weighted by atomic mass is 35.5. The van der Waals surface area contributed by atoms with Gasteiger partial charge in [0, 0.05) is 17.3 Å². The van der Waals surface area contributed by atoms with E-state index in [1.807, 2.05) is 12.1 Å². The summed E-state index contributed by atoms with van der Waals surface area (Å²) in [7, 11) is 0. The molecule has 12 heavy (non-hydrogen) atoms. The summed E-state index contributed by atoms with van der Waals surface area (Å²) in [6.07, 6.45) is 1.93. The van der Waals surface area contributed by atoms with E-state index in [9.17, 15) is 5.21 Å². The Morgan fingerprint density at radius 3 is 3.08 bits per heavy atom. The van der Waals surface area contributed by atoms with Crippen molar-refractivity contribution in [1.29, 1.82) is 0 Å². The first-order valence-electron chi connectivity index (χ1n) is 4.00. The topological polar surface area (TPSA) is 26.3 Å². The summed E-state index contributed by atoms with van der Waals surface area (Å²) in [6, 6.07) is 5.50. The molecule has 0 saturated heterocycles. The lowest BCUT2D eigenvalue weighted by Crippen LogP contribution is -2.22. The maximum atomic E-state index is 11.3. The molecule has 1 aliphatic heterocycles. The van der Waals surface area contributed by atoms with Crippen LogP contribution >= 0.6 is 11.6 Å². The smallest absolute Gasteiger partial charge is 0.0426 e. The lowest BCUT2D eigenvalue weighted by molar-refractivity contribution is 0.764. The molecule has 0 aliphatic carbocycles. The zero-order chi connectivity index (χ0) is 8.55. The Hall–Kier alpha value is -0.730. The van der Waals surface area contributed by atoms with Crippen LogP contribution in [0.25, 0.3) is 0 Å². The molecule has 0 aromatic heterocycles. The van der Waals surface area contributed by atoms with Crippen LogP contribution in [0.3, 0.4) is 0 Å². The number of nitrogens with zero attached hydrogens (tertiary/aromatic N) is 1. The van der Waals surface area contributed by atoms with Crippen LogP contribution in [0.15, 0.2) is 18.2 Å². The fraction of sp³-hybridized carbons (Fsp3) is 0.333. The Morgan fingerprint density at radius 1 is 1.42 bits per heavy atom. The number of hydrogen-bond donors (Lipinski definition) is 0. The quantitative estimate of drug-likeness (QED) is 0.617. The van der Waals surface area contributed by atoms with Crippen LogP contribution in [-0.2, 0) is 6.42 Å². The van der Waals surface area contributed by atoms with Crippen molar-refractivity contribution in [3.63, 3.8) is 0 Å². The molecule has 0 atom stereocenters. The molecule has 0 N–H and O–H groups in total. The maximum absolute atomic E-state index is 11.3. The van der Waals surface area contributed by atoms with E-state index < -0.39 is 0 Å². The second-order valence-electron chi connectivity index (χ2n) is 2.98. The number of benzene rings is 1. The van der Waals surface area contributed by atoms with Gasteiger partial charge in [0.25, 0.3) is 0 Å².